The van der Waals surface area contributed by atoms with Crippen LogP contribution in [-0.2, 0) is 12.7 Å². The summed E-state index contributed by atoms with van der Waals surface area (Å²) in [6, 6.07) is 12.1. The summed E-state index contributed by atoms with van der Waals surface area (Å²) in [6.07, 6.45) is -3.58. The Morgan fingerprint density at radius 3 is 2.60 bits per heavy atom. The smallest absolute Gasteiger partial charge is 0.345 e. The molecule has 0 aliphatic carbocycles. The van der Waals surface area contributed by atoms with Gasteiger partial charge in [-0.1, -0.05) is 42.4 Å². The molecule has 3 aromatic rings. The van der Waals surface area contributed by atoms with Gasteiger partial charge in [-0.2, -0.15) is 13.2 Å². The van der Waals surface area contributed by atoms with Crippen molar-refractivity contribution in [2.24, 2.45) is 0 Å². The van der Waals surface area contributed by atoms with E-state index in [4.69, 9.17) is 0 Å². The molecule has 0 fully saturated rings. The molecule has 0 saturated carbocycles. The number of hydrogen-bond acceptors (Lipinski definition) is 4. The van der Waals surface area contributed by atoms with Gasteiger partial charge in [0.05, 0.1) is 17.8 Å². The van der Waals surface area contributed by atoms with Crippen LogP contribution in [0.1, 0.15) is 40.7 Å². The molecule has 0 saturated heterocycles. The maximum absolute atomic E-state index is 13.2. The van der Waals surface area contributed by atoms with Crippen molar-refractivity contribution in [2.45, 2.75) is 38.1 Å². The largest absolute Gasteiger partial charge is 0.416 e. The third-order valence-corrected chi connectivity index (χ3v) is 5.39. The lowest BCUT2D eigenvalue weighted by Gasteiger charge is -2.13. The first-order valence-corrected chi connectivity index (χ1v) is 10.4. The summed E-state index contributed by atoms with van der Waals surface area (Å²) in [4.78, 5) is 12.5. The predicted molar refractivity (Wildman–Crippen MR) is 110 cm³/mol. The van der Waals surface area contributed by atoms with Crippen LogP contribution < -0.4 is 5.32 Å². The molecule has 0 unspecified atom stereocenters. The first-order valence-electron chi connectivity index (χ1n) is 9.39. The van der Waals surface area contributed by atoms with Crippen molar-refractivity contribution in [3.05, 3.63) is 71.0 Å². The number of alkyl halides is 3. The van der Waals surface area contributed by atoms with Crippen molar-refractivity contribution in [1.29, 1.82) is 0 Å². The Hall–Kier alpha value is -2.81. The van der Waals surface area contributed by atoms with Crippen LogP contribution in [0.3, 0.4) is 0 Å². The Balaban J connectivity index is 1.90. The maximum atomic E-state index is 13.2. The highest BCUT2D eigenvalue weighted by molar-refractivity contribution is 7.99. The van der Waals surface area contributed by atoms with Crippen LogP contribution in [0, 0.1) is 6.92 Å². The minimum atomic E-state index is -4.46. The number of nitrogens with one attached hydrogen (secondary N) is 1. The van der Waals surface area contributed by atoms with E-state index in [0.717, 1.165) is 29.9 Å². The van der Waals surface area contributed by atoms with Crippen molar-refractivity contribution in [1.82, 2.24) is 20.1 Å². The molecule has 30 heavy (non-hydrogen) atoms. The normalized spacial score (nSPS) is 11.5. The molecule has 0 aliphatic heterocycles. The number of amides is 1. The predicted octanol–water partition coefficient (Wildman–Crippen LogP) is 5.03. The molecular weight excluding hydrogens is 413 g/mol. The van der Waals surface area contributed by atoms with Crippen molar-refractivity contribution < 1.29 is 18.0 Å². The van der Waals surface area contributed by atoms with Gasteiger partial charge in [-0.3, -0.25) is 9.36 Å². The fraction of sp³-hybridized carbons (Fsp3) is 0.286. The molecule has 2 aromatic carbocycles. The summed E-state index contributed by atoms with van der Waals surface area (Å²) in [5.41, 5.74) is 0.997. The van der Waals surface area contributed by atoms with Gasteiger partial charge in [0.25, 0.3) is 5.91 Å². The minimum absolute atomic E-state index is 0.0305. The molecule has 3 rings (SSSR count). The number of aryl methyl sites for hydroxylation is 1. The summed E-state index contributed by atoms with van der Waals surface area (Å²) in [5, 5.41) is 11.5. The van der Waals surface area contributed by atoms with E-state index in [0.29, 0.717) is 22.2 Å². The Labute approximate surface area is 176 Å². The number of rotatable bonds is 7. The zero-order valence-electron chi connectivity index (χ0n) is 16.5. The number of carbonyl (C=O) groups excluding carboxylic acids is 1. The third kappa shape index (κ3) is 5.21. The second kappa shape index (κ2) is 9.34. The number of nitrogens with zero attached hydrogens (tertiary/aromatic N) is 3. The number of carbonyl (C=O) groups is 1. The first-order chi connectivity index (χ1) is 14.3. The summed E-state index contributed by atoms with van der Waals surface area (Å²) < 4.78 is 41.1. The van der Waals surface area contributed by atoms with Crippen LogP contribution in [0.25, 0.3) is 5.69 Å². The van der Waals surface area contributed by atoms with Gasteiger partial charge < -0.3 is 5.32 Å². The van der Waals surface area contributed by atoms with Crippen LogP contribution in [-0.4, -0.2) is 26.4 Å². The van der Waals surface area contributed by atoms with E-state index < -0.39 is 11.7 Å². The molecule has 0 atom stereocenters. The molecule has 1 aromatic heterocycles. The molecule has 0 bridgehead atoms. The average Bonchev–Trinajstić information content (AvgIpc) is 3.12. The Bertz CT molecular complexity index is 1030. The summed E-state index contributed by atoms with van der Waals surface area (Å²) >= 11 is 1.40. The van der Waals surface area contributed by atoms with Gasteiger partial charge in [0.1, 0.15) is 0 Å². The maximum Gasteiger partial charge on any atom is 0.416 e. The lowest BCUT2D eigenvalue weighted by atomic mass is 10.1. The topological polar surface area (TPSA) is 59.8 Å². The van der Waals surface area contributed by atoms with Crippen molar-refractivity contribution in [3.63, 3.8) is 0 Å². The fourth-order valence-corrected chi connectivity index (χ4v) is 3.66. The molecule has 9 heteroatoms. The van der Waals surface area contributed by atoms with Gasteiger partial charge in [0, 0.05) is 11.3 Å². The molecule has 0 radical (unpaired) electrons. The fourth-order valence-electron chi connectivity index (χ4n) is 2.83. The number of aromatic nitrogens is 3. The van der Waals surface area contributed by atoms with Gasteiger partial charge >= 0.3 is 6.18 Å². The van der Waals surface area contributed by atoms with Gasteiger partial charge in [-0.05, 0) is 43.7 Å². The second-order valence-corrected chi connectivity index (χ2v) is 7.74. The summed E-state index contributed by atoms with van der Waals surface area (Å²) in [5.74, 6) is 0.807. The molecule has 158 valence electrons. The van der Waals surface area contributed by atoms with Crippen LogP contribution >= 0.6 is 11.8 Å². The highest BCUT2D eigenvalue weighted by Gasteiger charge is 2.31. The van der Waals surface area contributed by atoms with Gasteiger partial charge in [0.2, 0.25) is 0 Å². The Morgan fingerprint density at radius 2 is 1.90 bits per heavy atom. The molecule has 1 N–H and O–H groups in total. The Kier molecular flexibility index (Phi) is 6.81. The van der Waals surface area contributed by atoms with Gasteiger partial charge in [-0.15, -0.1) is 10.2 Å². The Morgan fingerprint density at radius 1 is 1.13 bits per heavy atom. The molecule has 1 heterocycles. The average molecular weight is 434 g/mol. The first kappa shape index (κ1) is 21.9. The number of halogens is 3. The van der Waals surface area contributed by atoms with E-state index in [1.54, 1.807) is 28.8 Å². The zero-order chi connectivity index (χ0) is 21.7. The second-order valence-electron chi connectivity index (χ2n) is 6.68. The van der Waals surface area contributed by atoms with Crippen LogP contribution in [0.5, 0.6) is 0 Å². The van der Waals surface area contributed by atoms with Crippen LogP contribution in [0.2, 0.25) is 0 Å². The van der Waals surface area contributed by atoms with Gasteiger partial charge in [0.15, 0.2) is 11.0 Å². The highest BCUT2D eigenvalue weighted by atomic mass is 32.2. The summed E-state index contributed by atoms with van der Waals surface area (Å²) in [7, 11) is 0. The van der Waals surface area contributed by atoms with Crippen molar-refractivity contribution in [3.8, 4) is 5.69 Å². The lowest BCUT2D eigenvalue weighted by Crippen LogP contribution is -2.24. The number of hydrogen-bond donors (Lipinski definition) is 1. The molecule has 0 aliphatic rings. The highest BCUT2D eigenvalue weighted by Crippen LogP contribution is 2.31. The molecule has 1 amide bonds. The van der Waals surface area contributed by atoms with E-state index in [1.807, 2.05) is 19.9 Å². The van der Waals surface area contributed by atoms with E-state index in [9.17, 15) is 18.0 Å². The number of thioether (sulfide) groups is 1. The summed E-state index contributed by atoms with van der Waals surface area (Å²) in [6.45, 7) is 3.92. The minimum Gasteiger partial charge on any atom is -0.345 e. The molecular formula is C21H21F3N4OS. The van der Waals surface area contributed by atoms with Crippen LogP contribution in [0.4, 0.5) is 13.2 Å². The zero-order valence-corrected chi connectivity index (χ0v) is 17.3. The monoisotopic (exact) mass is 434 g/mol. The van der Waals surface area contributed by atoms with Crippen LogP contribution in [0.15, 0.2) is 53.7 Å². The SMILES string of the molecule is CCCSc1nnc(CNC(=O)c2cccc(C)c2)n1-c1cccc(C(F)(F)F)c1. The number of benzene rings is 2. The third-order valence-electron chi connectivity index (χ3n) is 4.25. The van der Waals surface area contributed by atoms with E-state index in [1.165, 1.54) is 17.8 Å². The van der Waals surface area contributed by atoms with E-state index >= 15 is 0 Å². The quantitative estimate of drug-likeness (QED) is 0.530. The van der Waals surface area contributed by atoms with Crippen molar-refractivity contribution >= 4 is 17.7 Å². The van der Waals surface area contributed by atoms with E-state index in [-0.39, 0.29) is 12.5 Å². The van der Waals surface area contributed by atoms with Gasteiger partial charge in [-0.25, -0.2) is 0 Å². The van der Waals surface area contributed by atoms with Crippen molar-refractivity contribution in [2.75, 3.05) is 5.75 Å². The standard InChI is InChI=1S/C21H21F3N4OS/c1-3-10-30-20-27-26-18(13-25-19(29)15-7-4-6-14(2)11-15)28(20)17-9-5-8-16(12-17)21(22,23)24/h4-9,11-12H,3,10,13H2,1-2H3,(H,25,29). The molecule has 0 spiro atoms. The lowest BCUT2D eigenvalue weighted by molar-refractivity contribution is -0.137. The molecule has 5 nitrogen and oxygen atoms in total. The van der Waals surface area contributed by atoms with E-state index in [2.05, 4.69) is 15.5 Å².